The second-order valence-corrected chi connectivity index (χ2v) is 3.71. The molecule has 1 aromatic rings. The van der Waals surface area contributed by atoms with Crippen molar-refractivity contribution in [2.24, 2.45) is 5.73 Å². The Kier molecular flexibility index (Phi) is 5.67. The van der Waals surface area contributed by atoms with Crippen LogP contribution in [0.4, 0.5) is 0 Å². The third-order valence-electron chi connectivity index (χ3n) is 2.25. The lowest BCUT2D eigenvalue weighted by atomic mass is 10.2. The van der Waals surface area contributed by atoms with Crippen LogP contribution in [-0.4, -0.2) is 39.5 Å². The second-order valence-electron chi connectivity index (χ2n) is 3.34. The van der Waals surface area contributed by atoms with Gasteiger partial charge >= 0.3 is 0 Å². The molecule has 0 bridgehead atoms. The van der Waals surface area contributed by atoms with Gasteiger partial charge < -0.3 is 24.7 Å². The molecule has 100 valence electrons. The molecule has 0 aliphatic carbocycles. The predicted molar refractivity (Wildman–Crippen MR) is 72.8 cm³/mol. The number of ether oxygens (including phenoxy) is 4. The molecular weight excluding hydrogens is 254 g/mol. The van der Waals surface area contributed by atoms with Gasteiger partial charge in [-0.2, -0.15) is 0 Å². The first-order chi connectivity index (χ1) is 8.67. The minimum atomic E-state index is 0.347. The van der Waals surface area contributed by atoms with Crippen LogP contribution in [0.5, 0.6) is 17.2 Å². The molecule has 0 aliphatic rings. The molecule has 1 aromatic carbocycles. The SMILES string of the molecule is COc1cc(C(=S)OCCN)cc(OC)c1OC. The van der Waals surface area contributed by atoms with Gasteiger partial charge in [-0.15, -0.1) is 0 Å². The summed E-state index contributed by atoms with van der Waals surface area (Å²) in [5.41, 5.74) is 6.05. The Hall–Kier alpha value is -1.53. The summed E-state index contributed by atoms with van der Waals surface area (Å²) in [4.78, 5) is 0. The zero-order valence-corrected chi connectivity index (χ0v) is 11.5. The Morgan fingerprint density at radius 2 is 1.67 bits per heavy atom. The maximum atomic E-state index is 5.36. The average Bonchev–Trinajstić information content (AvgIpc) is 2.42. The van der Waals surface area contributed by atoms with Gasteiger partial charge in [-0.05, 0) is 24.4 Å². The standard InChI is InChI=1S/C12H17NO4S/c1-14-9-6-8(12(18)17-5-4-13)7-10(15-2)11(9)16-3/h6-7H,4-5,13H2,1-3H3. The fraction of sp³-hybridized carbons (Fsp3) is 0.417. The van der Waals surface area contributed by atoms with Crippen molar-refractivity contribution in [1.82, 2.24) is 0 Å². The molecule has 0 amide bonds. The van der Waals surface area contributed by atoms with Gasteiger partial charge in [-0.1, -0.05) is 0 Å². The van der Waals surface area contributed by atoms with E-state index in [0.717, 1.165) is 0 Å². The summed E-state index contributed by atoms with van der Waals surface area (Å²) in [6, 6.07) is 3.47. The third kappa shape index (κ3) is 3.24. The van der Waals surface area contributed by atoms with Gasteiger partial charge in [0, 0.05) is 12.1 Å². The summed E-state index contributed by atoms with van der Waals surface area (Å²) < 4.78 is 21.0. The molecule has 0 aromatic heterocycles. The van der Waals surface area contributed by atoms with Crippen molar-refractivity contribution < 1.29 is 18.9 Å². The van der Waals surface area contributed by atoms with Crippen LogP contribution in [0, 0.1) is 0 Å². The van der Waals surface area contributed by atoms with E-state index in [2.05, 4.69) is 0 Å². The quantitative estimate of drug-likeness (QED) is 0.788. The smallest absolute Gasteiger partial charge is 0.203 e. The van der Waals surface area contributed by atoms with Gasteiger partial charge in [-0.3, -0.25) is 0 Å². The number of hydrogen-bond acceptors (Lipinski definition) is 6. The topological polar surface area (TPSA) is 62.9 Å². The molecule has 1 rings (SSSR count). The van der Waals surface area contributed by atoms with Crippen LogP contribution in [0.3, 0.4) is 0 Å². The molecule has 2 N–H and O–H groups in total. The zero-order valence-electron chi connectivity index (χ0n) is 10.7. The molecule has 0 spiro atoms. The molecule has 0 fully saturated rings. The lowest BCUT2D eigenvalue weighted by molar-refractivity contribution is 0.318. The summed E-state index contributed by atoms with van der Waals surface area (Å²) in [5, 5.41) is 0.347. The van der Waals surface area contributed by atoms with Gasteiger partial charge in [0.15, 0.2) is 16.5 Å². The van der Waals surface area contributed by atoms with Gasteiger partial charge in [0.1, 0.15) is 6.61 Å². The van der Waals surface area contributed by atoms with Crippen LogP contribution in [0.15, 0.2) is 12.1 Å². The number of benzene rings is 1. The van der Waals surface area contributed by atoms with Crippen LogP contribution in [-0.2, 0) is 4.74 Å². The lowest BCUT2D eigenvalue weighted by Crippen LogP contribution is -2.13. The molecule has 0 saturated heterocycles. The predicted octanol–water partition coefficient (Wildman–Crippen LogP) is 1.36. The molecule has 0 radical (unpaired) electrons. The first-order valence-corrected chi connectivity index (χ1v) is 5.76. The molecule has 0 atom stereocenters. The van der Waals surface area contributed by atoms with Gasteiger partial charge in [0.25, 0.3) is 0 Å². The van der Waals surface area contributed by atoms with E-state index in [1.54, 1.807) is 33.5 Å². The molecule has 6 heteroatoms. The fourth-order valence-electron chi connectivity index (χ4n) is 1.43. The Morgan fingerprint density at radius 1 is 1.11 bits per heavy atom. The lowest BCUT2D eigenvalue weighted by Gasteiger charge is -2.14. The van der Waals surface area contributed by atoms with Crippen molar-refractivity contribution in [2.75, 3.05) is 34.5 Å². The Labute approximate surface area is 112 Å². The normalized spacial score (nSPS) is 9.78. The van der Waals surface area contributed by atoms with Gasteiger partial charge in [0.2, 0.25) is 5.75 Å². The average molecular weight is 271 g/mol. The molecule has 0 unspecified atom stereocenters. The molecule has 0 saturated carbocycles. The fourth-order valence-corrected chi connectivity index (χ4v) is 1.64. The van der Waals surface area contributed by atoms with Crippen LogP contribution >= 0.6 is 12.2 Å². The van der Waals surface area contributed by atoms with E-state index in [1.807, 2.05) is 0 Å². The maximum absolute atomic E-state index is 5.36. The second kappa shape index (κ2) is 7.03. The van der Waals surface area contributed by atoms with Crippen molar-refractivity contribution in [3.05, 3.63) is 17.7 Å². The van der Waals surface area contributed by atoms with Gasteiger partial charge in [-0.25, -0.2) is 0 Å². The highest BCUT2D eigenvalue weighted by Gasteiger charge is 2.15. The summed E-state index contributed by atoms with van der Waals surface area (Å²) in [6.45, 7) is 0.778. The van der Waals surface area contributed by atoms with Crippen LogP contribution in [0.25, 0.3) is 0 Å². The Bertz CT molecular complexity index is 398. The van der Waals surface area contributed by atoms with Crippen molar-refractivity contribution in [2.45, 2.75) is 0 Å². The summed E-state index contributed by atoms with van der Waals surface area (Å²) in [5.74, 6) is 1.58. The van der Waals surface area contributed by atoms with E-state index in [9.17, 15) is 0 Å². The molecule has 0 aliphatic heterocycles. The molecular formula is C12H17NO4S. The minimum Gasteiger partial charge on any atom is -0.493 e. The van der Waals surface area contributed by atoms with Crippen molar-refractivity contribution >= 4 is 17.3 Å². The van der Waals surface area contributed by atoms with Crippen molar-refractivity contribution in [3.8, 4) is 17.2 Å². The van der Waals surface area contributed by atoms with E-state index in [1.165, 1.54) is 0 Å². The Balaban J connectivity index is 3.10. The minimum absolute atomic E-state index is 0.347. The van der Waals surface area contributed by atoms with E-state index < -0.39 is 0 Å². The highest BCUT2D eigenvalue weighted by molar-refractivity contribution is 7.80. The first-order valence-electron chi connectivity index (χ1n) is 5.35. The third-order valence-corrected chi connectivity index (χ3v) is 2.60. The monoisotopic (exact) mass is 271 g/mol. The first kappa shape index (κ1) is 14.5. The van der Waals surface area contributed by atoms with E-state index in [-0.39, 0.29) is 0 Å². The molecule has 18 heavy (non-hydrogen) atoms. The summed E-state index contributed by atoms with van der Waals surface area (Å²) in [6.07, 6.45) is 0. The van der Waals surface area contributed by atoms with Crippen molar-refractivity contribution in [1.29, 1.82) is 0 Å². The van der Waals surface area contributed by atoms with Crippen LogP contribution in [0.2, 0.25) is 0 Å². The molecule has 5 nitrogen and oxygen atoms in total. The van der Waals surface area contributed by atoms with E-state index in [0.29, 0.717) is 41.0 Å². The van der Waals surface area contributed by atoms with Crippen molar-refractivity contribution in [3.63, 3.8) is 0 Å². The summed E-state index contributed by atoms with van der Waals surface area (Å²) in [7, 11) is 4.64. The highest BCUT2D eigenvalue weighted by atomic mass is 32.1. The van der Waals surface area contributed by atoms with E-state index in [4.69, 9.17) is 36.9 Å². The number of methoxy groups -OCH3 is 3. The molecule has 0 heterocycles. The summed E-state index contributed by atoms with van der Waals surface area (Å²) >= 11 is 5.15. The van der Waals surface area contributed by atoms with Crippen LogP contribution < -0.4 is 19.9 Å². The number of hydrogen-bond donors (Lipinski definition) is 1. The largest absolute Gasteiger partial charge is 0.493 e. The number of nitrogens with two attached hydrogens (primary N) is 1. The van der Waals surface area contributed by atoms with Gasteiger partial charge in [0.05, 0.1) is 21.3 Å². The highest BCUT2D eigenvalue weighted by Crippen LogP contribution is 2.38. The maximum Gasteiger partial charge on any atom is 0.203 e. The number of thiocarbonyl (C=S) groups is 1. The zero-order chi connectivity index (χ0) is 13.5. The van der Waals surface area contributed by atoms with Crippen LogP contribution in [0.1, 0.15) is 5.56 Å². The number of rotatable bonds is 6. The van der Waals surface area contributed by atoms with E-state index >= 15 is 0 Å². The Morgan fingerprint density at radius 3 is 2.06 bits per heavy atom.